The number of nitrogens with zero attached hydrogens (tertiary/aromatic N) is 4. The molecule has 1 aliphatic rings. The number of imidazole rings is 1. The lowest BCUT2D eigenvalue weighted by atomic mass is 9.97. The van der Waals surface area contributed by atoms with Crippen molar-refractivity contribution in [3.8, 4) is 0 Å². The summed E-state index contributed by atoms with van der Waals surface area (Å²) in [5.74, 6) is 1.43. The van der Waals surface area contributed by atoms with Gasteiger partial charge in [0.05, 0.1) is 0 Å². The molecule has 1 aromatic carbocycles. The largest absolute Gasteiger partial charge is 0.335 e. The maximum atomic E-state index is 12.7. The Kier molecular flexibility index (Phi) is 7.09. The van der Waals surface area contributed by atoms with Gasteiger partial charge < -0.3 is 19.7 Å². The topological polar surface area (TPSA) is 53.4 Å². The molecule has 0 saturated carbocycles. The van der Waals surface area contributed by atoms with Gasteiger partial charge in [0.2, 0.25) is 0 Å². The number of benzene rings is 1. The summed E-state index contributed by atoms with van der Waals surface area (Å²) in [4.78, 5) is 21.4. The molecule has 0 radical (unpaired) electrons. The Morgan fingerprint density at radius 3 is 2.82 bits per heavy atom. The number of urea groups is 1. The molecule has 1 aromatic heterocycles. The minimum atomic E-state index is 0.0241. The molecule has 6 heteroatoms. The molecule has 1 aliphatic heterocycles. The van der Waals surface area contributed by atoms with E-state index < -0.39 is 0 Å². The van der Waals surface area contributed by atoms with Crippen molar-refractivity contribution < 1.29 is 4.79 Å². The van der Waals surface area contributed by atoms with Crippen LogP contribution in [0.5, 0.6) is 0 Å². The van der Waals surface area contributed by atoms with Crippen LogP contribution in [0.25, 0.3) is 0 Å². The van der Waals surface area contributed by atoms with E-state index in [0.29, 0.717) is 12.5 Å². The quantitative estimate of drug-likeness (QED) is 0.799. The first kappa shape index (κ1) is 20.4. The van der Waals surface area contributed by atoms with E-state index in [1.807, 2.05) is 11.1 Å². The van der Waals surface area contributed by atoms with Crippen molar-refractivity contribution in [3.63, 3.8) is 0 Å². The van der Waals surface area contributed by atoms with E-state index in [9.17, 15) is 4.79 Å². The summed E-state index contributed by atoms with van der Waals surface area (Å²) in [5, 5.41) is 3.07. The lowest BCUT2D eigenvalue weighted by molar-refractivity contribution is 0.177. The molecule has 28 heavy (non-hydrogen) atoms. The maximum absolute atomic E-state index is 12.7. The molecule has 1 N–H and O–H groups in total. The number of piperidine rings is 1. The molecular formula is C22H33N5O. The van der Waals surface area contributed by atoms with Crippen molar-refractivity contribution in [3.05, 3.63) is 53.6 Å². The molecule has 0 bridgehead atoms. The summed E-state index contributed by atoms with van der Waals surface area (Å²) in [5.41, 5.74) is 2.36. The van der Waals surface area contributed by atoms with Crippen molar-refractivity contribution in [1.82, 2.24) is 24.7 Å². The molecule has 152 valence electrons. The van der Waals surface area contributed by atoms with Gasteiger partial charge in [-0.25, -0.2) is 9.78 Å². The van der Waals surface area contributed by atoms with Crippen LogP contribution < -0.4 is 5.32 Å². The summed E-state index contributed by atoms with van der Waals surface area (Å²) in [7, 11) is 4.20. The van der Waals surface area contributed by atoms with Crippen LogP contribution in [0, 0.1) is 6.92 Å². The molecular weight excluding hydrogens is 350 g/mol. The van der Waals surface area contributed by atoms with Gasteiger partial charge >= 0.3 is 6.03 Å². The first-order chi connectivity index (χ1) is 13.5. The Labute approximate surface area is 168 Å². The van der Waals surface area contributed by atoms with E-state index in [4.69, 9.17) is 0 Å². The van der Waals surface area contributed by atoms with Gasteiger partial charge in [0.1, 0.15) is 5.82 Å². The standard InChI is InChI=1S/C22H33N5O/c1-18-7-9-19(10-8-18)16-24-22(28)27-13-4-6-20(17-27)21-23-11-15-26(21)14-5-12-25(2)3/h7-11,15,20H,4-6,12-14,16-17H2,1-3H3,(H,24,28)/t20-/m0/s1. The van der Waals surface area contributed by atoms with E-state index in [2.05, 4.69) is 71.2 Å². The van der Waals surface area contributed by atoms with Crippen LogP contribution in [0.1, 0.15) is 42.1 Å². The molecule has 3 rings (SSSR count). The fraction of sp³-hybridized carbons (Fsp3) is 0.545. The fourth-order valence-electron chi connectivity index (χ4n) is 3.79. The average molecular weight is 384 g/mol. The van der Waals surface area contributed by atoms with Gasteiger partial charge in [-0.3, -0.25) is 0 Å². The summed E-state index contributed by atoms with van der Waals surface area (Å²) < 4.78 is 2.27. The van der Waals surface area contributed by atoms with Crippen molar-refractivity contribution in [2.45, 2.75) is 45.2 Å². The zero-order chi connectivity index (χ0) is 19.9. The highest BCUT2D eigenvalue weighted by Crippen LogP contribution is 2.26. The van der Waals surface area contributed by atoms with Gasteiger partial charge in [-0.15, -0.1) is 0 Å². The Hall–Kier alpha value is -2.34. The monoisotopic (exact) mass is 383 g/mol. The maximum Gasteiger partial charge on any atom is 0.317 e. The predicted molar refractivity (Wildman–Crippen MR) is 112 cm³/mol. The van der Waals surface area contributed by atoms with E-state index >= 15 is 0 Å². The number of amides is 2. The van der Waals surface area contributed by atoms with Gasteiger partial charge in [0.15, 0.2) is 0 Å². The summed E-state index contributed by atoms with van der Waals surface area (Å²) in [6.45, 7) is 6.24. The Balaban J connectivity index is 1.54. The minimum Gasteiger partial charge on any atom is -0.335 e. The van der Waals surface area contributed by atoms with E-state index in [0.717, 1.165) is 56.8 Å². The molecule has 0 unspecified atom stereocenters. The van der Waals surface area contributed by atoms with Gasteiger partial charge in [-0.05, 0) is 52.4 Å². The number of likely N-dealkylation sites (tertiary alicyclic amines) is 1. The van der Waals surface area contributed by atoms with Gasteiger partial charge in [0, 0.05) is 44.5 Å². The first-order valence-corrected chi connectivity index (χ1v) is 10.3. The highest BCUT2D eigenvalue weighted by atomic mass is 16.2. The second-order valence-corrected chi connectivity index (χ2v) is 8.07. The number of aromatic nitrogens is 2. The second kappa shape index (κ2) is 9.73. The number of rotatable bonds is 7. The van der Waals surface area contributed by atoms with Gasteiger partial charge in [-0.2, -0.15) is 0 Å². The summed E-state index contributed by atoms with van der Waals surface area (Å²) in [6.07, 6.45) is 7.17. The molecule has 0 spiro atoms. The third kappa shape index (κ3) is 5.58. The summed E-state index contributed by atoms with van der Waals surface area (Å²) >= 11 is 0. The van der Waals surface area contributed by atoms with Crippen LogP contribution >= 0.6 is 0 Å². The highest BCUT2D eigenvalue weighted by molar-refractivity contribution is 5.74. The Morgan fingerprint density at radius 2 is 2.07 bits per heavy atom. The van der Waals surface area contributed by atoms with Crippen LogP contribution in [0.3, 0.4) is 0 Å². The smallest absolute Gasteiger partial charge is 0.317 e. The highest BCUT2D eigenvalue weighted by Gasteiger charge is 2.27. The second-order valence-electron chi connectivity index (χ2n) is 8.07. The van der Waals surface area contributed by atoms with Gasteiger partial charge in [0.25, 0.3) is 0 Å². The first-order valence-electron chi connectivity index (χ1n) is 10.3. The van der Waals surface area contributed by atoms with Crippen molar-refractivity contribution in [1.29, 1.82) is 0 Å². The number of nitrogens with one attached hydrogen (secondary N) is 1. The van der Waals surface area contributed by atoms with Crippen molar-refractivity contribution in [2.24, 2.45) is 0 Å². The van der Waals surface area contributed by atoms with Crippen LogP contribution in [0.15, 0.2) is 36.7 Å². The number of hydrogen-bond acceptors (Lipinski definition) is 3. The molecule has 6 nitrogen and oxygen atoms in total. The number of hydrogen-bond donors (Lipinski definition) is 1. The van der Waals surface area contributed by atoms with E-state index in [-0.39, 0.29) is 6.03 Å². The lowest BCUT2D eigenvalue weighted by Crippen LogP contribution is -2.45. The lowest BCUT2D eigenvalue weighted by Gasteiger charge is -2.32. The van der Waals surface area contributed by atoms with E-state index in [1.54, 1.807) is 0 Å². The average Bonchev–Trinajstić information content (AvgIpc) is 3.15. The van der Waals surface area contributed by atoms with Crippen LogP contribution in [-0.2, 0) is 13.1 Å². The van der Waals surface area contributed by atoms with Crippen LogP contribution in [-0.4, -0.2) is 59.1 Å². The number of carbonyl (C=O) groups excluding carboxylic acids is 1. The molecule has 2 aromatic rings. The Morgan fingerprint density at radius 1 is 1.29 bits per heavy atom. The van der Waals surface area contributed by atoms with Crippen molar-refractivity contribution in [2.75, 3.05) is 33.7 Å². The third-order valence-electron chi connectivity index (χ3n) is 5.39. The number of carbonyl (C=O) groups is 1. The molecule has 2 amide bonds. The van der Waals surface area contributed by atoms with Gasteiger partial charge in [-0.1, -0.05) is 29.8 Å². The Bertz CT molecular complexity index is 753. The molecule has 2 heterocycles. The predicted octanol–water partition coefficient (Wildman–Crippen LogP) is 3.23. The number of aryl methyl sites for hydroxylation is 2. The van der Waals surface area contributed by atoms with Crippen LogP contribution in [0.2, 0.25) is 0 Å². The fourth-order valence-corrected chi connectivity index (χ4v) is 3.79. The zero-order valence-corrected chi connectivity index (χ0v) is 17.4. The zero-order valence-electron chi connectivity index (χ0n) is 17.4. The normalized spacial score (nSPS) is 17.1. The third-order valence-corrected chi connectivity index (χ3v) is 5.39. The summed E-state index contributed by atoms with van der Waals surface area (Å²) in [6, 6.07) is 8.32. The molecule has 1 saturated heterocycles. The molecule has 0 aliphatic carbocycles. The molecule has 1 fully saturated rings. The molecule has 1 atom stereocenters. The van der Waals surface area contributed by atoms with Crippen LogP contribution in [0.4, 0.5) is 4.79 Å². The SMILES string of the molecule is Cc1ccc(CNC(=O)N2CCC[C@H](c3nccn3CCCN(C)C)C2)cc1. The minimum absolute atomic E-state index is 0.0241. The van der Waals surface area contributed by atoms with E-state index in [1.165, 1.54) is 5.56 Å². The van der Waals surface area contributed by atoms with Crippen molar-refractivity contribution >= 4 is 6.03 Å².